The van der Waals surface area contributed by atoms with Gasteiger partial charge in [0.1, 0.15) is 5.60 Å². The number of benzene rings is 1. The van der Waals surface area contributed by atoms with E-state index < -0.39 is 34.4 Å². The Morgan fingerprint density at radius 3 is 2.60 bits per heavy atom. The minimum atomic E-state index is -1.62. The first-order valence-corrected chi connectivity index (χ1v) is 6.65. The third kappa shape index (κ3) is 2.46. The zero-order chi connectivity index (χ0) is 14.9. The van der Waals surface area contributed by atoms with E-state index in [0.717, 1.165) is 25.0 Å². The predicted octanol–water partition coefficient (Wildman–Crippen LogP) is 3.88. The molecule has 0 spiro atoms. The van der Waals surface area contributed by atoms with E-state index in [9.17, 15) is 18.0 Å². The van der Waals surface area contributed by atoms with E-state index in [1.54, 1.807) is 0 Å². The second-order valence-electron chi connectivity index (χ2n) is 5.45. The van der Waals surface area contributed by atoms with Crippen molar-refractivity contribution >= 4 is 5.78 Å². The fourth-order valence-electron chi connectivity index (χ4n) is 2.93. The summed E-state index contributed by atoms with van der Waals surface area (Å²) in [5.41, 5.74) is -1.58. The van der Waals surface area contributed by atoms with Gasteiger partial charge in [0.25, 0.3) is 0 Å². The molecule has 2 unspecified atom stereocenters. The molecule has 0 aliphatic heterocycles. The Kier molecular flexibility index (Phi) is 4.18. The number of ketones is 1. The fraction of sp³-hybridized carbons (Fsp3) is 0.533. The number of carbonyl (C=O) groups is 1. The Bertz CT molecular complexity index is 530. The van der Waals surface area contributed by atoms with Crippen LogP contribution in [0.3, 0.4) is 0 Å². The highest BCUT2D eigenvalue weighted by molar-refractivity contribution is 6.02. The second kappa shape index (κ2) is 5.56. The van der Waals surface area contributed by atoms with Crippen LogP contribution < -0.4 is 0 Å². The molecule has 1 aliphatic rings. The predicted molar refractivity (Wildman–Crippen MR) is 68.0 cm³/mol. The van der Waals surface area contributed by atoms with Gasteiger partial charge in [-0.05, 0) is 37.3 Å². The van der Waals surface area contributed by atoms with Crippen LogP contribution in [0, 0.1) is 23.4 Å². The lowest BCUT2D eigenvalue weighted by atomic mass is 9.74. The van der Waals surface area contributed by atoms with Crippen molar-refractivity contribution in [3.05, 3.63) is 35.1 Å². The molecule has 110 valence electrons. The monoisotopic (exact) mass is 286 g/mol. The first-order chi connectivity index (χ1) is 9.41. The average Bonchev–Trinajstić information content (AvgIpc) is 2.44. The fourth-order valence-corrected chi connectivity index (χ4v) is 2.93. The van der Waals surface area contributed by atoms with E-state index in [2.05, 4.69) is 0 Å². The molecule has 0 heterocycles. The molecule has 0 aromatic heterocycles. The maximum Gasteiger partial charge on any atom is 0.197 e. The van der Waals surface area contributed by atoms with Gasteiger partial charge in [-0.3, -0.25) is 4.79 Å². The Labute approximate surface area is 115 Å². The van der Waals surface area contributed by atoms with Crippen LogP contribution in [-0.4, -0.2) is 18.5 Å². The zero-order valence-electron chi connectivity index (χ0n) is 11.5. The maximum atomic E-state index is 13.8. The van der Waals surface area contributed by atoms with Crippen LogP contribution in [0.4, 0.5) is 13.2 Å². The smallest absolute Gasteiger partial charge is 0.197 e. The molecule has 2 nitrogen and oxygen atoms in total. The molecule has 5 heteroatoms. The van der Waals surface area contributed by atoms with Crippen molar-refractivity contribution in [1.29, 1.82) is 0 Å². The number of hydrogen-bond donors (Lipinski definition) is 0. The summed E-state index contributed by atoms with van der Waals surface area (Å²) in [6.07, 6.45) is 2.68. The van der Waals surface area contributed by atoms with Gasteiger partial charge in [0.2, 0.25) is 0 Å². The molecule has 0 bridgehead atoms. The third-order valence-corrected chi connectivity index (χ3v) is 4.04. The van der Waals surface area contributed by atoms with E-state index in [1.807, 2.05) is 6.92 Å². The van der Waals surface area contributed by atoms with Crippen molar-refractivity contribution < 1.29 is 22.7 Å². The van der Waals surface area contributed by atoms with Crippen molar-refractivity contribution in [3.63, 3.8) is 0 Å². The highest BCUT2D eigenvalue weighted by Crippen LogP contribution is 2.37. The van der Waals surface area contributed by atoms with Gasteiger partial charge in [-0.2, -0.15) is 0 Å². The van der Waals surface area contributed by atoms with Gasteiger partial charge in [-0.15, -0.1) is 0 Å². The second-order valence-corrected chi connectivity index (χ2v) is 5.45. The summed E-state index contributed by atoms with van der Waals surface area (Å²) in [5, 5.41) is 0. The Morgan fingerprint density at radius 1 is 1.30 bits per heavy atom. The van der Waals surface area contributed by atoms with Gasteiger partial charge in [0.05, 0.1) is 5.56 Å². The van der Waals surface area contributed by atoms with Crippen molar-refractivity contribution in [1.82, 2.24) is 0 Å². The third-order valence-electron chi connectivity index (χ3n) is 4.04. The van der Waals surface area contributed by atoms with Crippen LogP contribution in [0.25, 0.3) is 0 Å². The Hall–Kier alpha value is -1.36. The lowest BCUT2D eigenvalue weighted by molar-refractivity contribution is -0.0305. The summed E-state index contributed by atoms with van der Waals surface area (Å²) in [5.74, 6) is -4.71. The molecule has 1 fully saturated rings. The zero-order valence-corrected chi connectivity index (χ0v) is 11.5. The highest BCUT2D eigenvalue weighted by Gasteiger charge is 2.43. The topological polar surface area (TPSA) is 26.3 Å². The minimum Gasteiger partial charge on any atom is -0.370 e. The average molecular weight is 286 g/mol. The van der Waals surface area contributed by atoms with Gasteiger partial charge in [-0.25, -0.2) is 13.2 Å². The van der Waals surface area contributed by atoms with Crippen molar-refractivity contribution in [2.45, 2.75) is 38.2 Å². The van der Waals surface area contributed by atoms with Crippen molar-refractivity contribution in [2.24, 2.45) is 5.92 Å². The van der Waals surface area contributed by atoms with Gasteiger partial charge in [-0.1, -0.05) is 13.3 Å². The van der Waals surface area contributed by atoms with Crippen LogP contribution in [-0.2, 0) is 4.74 Å². The summed E-state index contributed by atoms with van der Waals surface area (Å²) in [4.78, 5) is 12.5. The van der Waals surface area contributed by atoms with E-state index in [1.165, 1.54) is 7.11 Å². The summed E-state index contributed by atoms with van der Waals surface area (Å²) in [7, 11) is 1.40. The van der Waals surface area contributed by atoms with Gasteiger partial charge in [0, 0.05) is 7.11 Å². The van der Waals surface area contributed by atoms with Crippen LogP contribution >= 0.6 is 0 Å². The number of rotatable bonds is 3. The number of Topliss-reactive ketones (excluding diaryl/α,β-unsaturated/α-hetero) is 1. The summed E-state index contributed by atoms with van der Waals surface area (Å²) < 4.78 is 45.4. The molecule has 2 atom stereocenters. The highest BCUT2D eigenvalue weighted by atomic mass is 19.2. The molecule has 0 radical (unpaired) electrons. The lowest BCUT2D eigenvalue weighted by Gasteiger charge is -2.37. The van der Waals surface area contributed by atoms with E-state index >= 15 is 0 Å². The van der Waals surface area contributed by atoms with Gasteiger partial charge in [0.15, 0.2) is 23.2 Å². The number of halogens is 3. The largest absolute Gasteiger partial charge is 0.370 e. The SMILES string of the molecule is COC1(C(=O)c2ccc(F)c(F)c2F)CCCC(C)C1. The molecule has 0 saturated heterocycles. The standard InChI is InChI=1S/C15H17F3O2/c1-9-4-3-7-15(8-9,20-2)14(19)10-5-6-11(16)13(18)12(10)17/h5-6,9H,3-4,7-8H2,1-2H3. The van der Waals surface area contributed by atoms with Crippen molar-refractivity contribution in [3.8, 4) is 0 Å². The van der Waals surface area contributed by atoms with E-state index in [4.69, 9.17) is 4.74 Å². The summed E-state index contributed by atoms with van der Waals surface area (Å²) in [6.45, 7) is 1.99. The first kappa shape index (κ1) is 15.0. The Morgan fingerprint density at radius 2 is 2.00 bits per heavy atom. The lowest BCUT2D eigenvalue weighted by Crippen LogP contribution is -2.45. The molecule has 1 aliphatic carbocycles. The quantitative estimate of drug-likeness (QED) is 0.622. The molecular formula is C15H17F3O2. The number of ether oxygens (including phenoxy) is 1. The summed E-state index contributed by atoms with van der Waals surface area (Å²) >= 11 is 0. The Balaban J connectivity index is 2.41. The van der Waals surface area contributed by atoms with Gasteiger partial charge < -0.3 is 4.74 Å². The molecular weight excluding hydrogens is 269 g/mol. The minimum absolute atomic E-state index is 0.265. The number of methoxy groups -OCH3 is 1. The molecule has 20 heavy (non-hydrogen) atoms. The van der Waals surface area contributed by atoms with Crippen LogP contribution in [0.5, 0.6) is 0 Å². The molecule has 1 saturated carbocycles. The van der Waals surface area contributed by atoms with Crippen LogP contribution in [0.2, 0.25) is 0 Å². The van der Waals surface area contributed by atoms with Crippen LogP contribution in [0.15, 0.2) is 12.1 Å². The molecule has 0 amide bonds. The summed E-state index contributed by atoms with van der Waals surface area (Å²) in [6, 6.07) is 1.75. The molecule has 1 aromatic rings. The molecule has 1 aromatic carbocycles. The number of hydrogen-bond acceptors (Lipinski definition) is 2. The van der Waals surface area contributed by atoms with Crippen LogP contribution in [0.1, 0.15) is 43.0 Å². The maximum absolute atomic E-state index is 13.8. The first-order valence-electron chi connectivity index (χ1n) is 6.65. The number of carbonyl (C=O) groups excluding carboxylic acids is 1. The van der Waals surface area contributed by atoms with E-state index in [-0.39, 0.29) is 5.92 Å². The molecule has 0 N–H and O–H groups in total. The van der Waals surface area contributed by atoms with E-state index in [0.29, 0.717) is 12.8 Å². The van der Waals surface area contributed by atoms with Crippen molar-refractivity contribution in [2.75, 3.05) is 7.11 Å². The normalized spacial score (nSPS) is 26.6. The molecule has 2 rings (SSSR count). The van der Waals surface area contributed by atoms with Gasteiger partial charge >= 0.3 is 0 Å².